The fraction of sp³-hybridized carbons (Fsp3) is 0.500. The molecule has 0 radical (unpaired) electrons. The molecule has 2 heterocycles. The van der Waals surface area contributed by atoms with E-state index in [1.807, 2.05) is 49.9 Å². The third kappa shape index (κ3) is 4.61. The second-order valence-electron chi connectivity index (χ2n) is 8.45. The van der Waals surface area contributed by atoms with Gasteiger partial charge in [0.2, 0.25) is 5.91 Å². The quantitative estimate of drug-likeness (QED) is 0.813. The van der Waals surface area contributed by atoms with Crippen LogP contribution in [-0.4, -0.2) is 40.8 Å². The van der Waals surface area contributed by atoms with Crippen LogP contribution < -0.4 is 10.3 Å². The van der Waals surface area contributed by atoms with Gasteiger partial charge in [0, 0.05) is 36.7 Å². The molecule has 1 aliphatic heterocycles. The van der Waals surface area contributed by atoms with Crippen LogP contribution in [0.4, 0.5) is 0 Å². The summed E-state index contributed by atoms with van der Waals surface area (Å²) in [4.78, 5) is 26.7. The van der Waals surface area contributed by atoms with Crippen LogP contribution in [0.5, 0.6) is 5.75 Å². The summed E-state index contributed by atoms with van der Waals surface area (Å²) in [5.41, 5.74) is 1.27. The lowest BCUT2D eigenvalue weighted by Gasteiger charge is -2.35. The van der Waals surface area contributed by atoms with Gasteiger partial charge in [-0.1, -0.05) is 20.8 Å². The van der Waals surface area contributed by atoms with Crippen molar-refractivity contribution >= 4 is 5.91 Å². The lowest BCUT2D eigenvalue weighted by molar-refractivity contribution is -0.140. The van der Waals surface area contributed by atoms with Crippen LogP contribution in [0.25, 0.3) is 11.3 Å². The highest BCUT2D eigenvalue weighted by atomic mass is 16.5. The van der Waals surface area contributed by atoms with Gasteiger partial charge in [-0.25, -0.2) is 4.68 Å². The Labute approximate surface area is 166 Å². The van der Waals surface area contributed by atoms with E-state index in [0.717, 1.165) is 42.9 Å². The number of hydrogen-bond donors (Lipinski definition) is 0. The van der Waals surface area contributed by atoms with E-state index in [4.69, 9.17) is 4.74 Å². The number of amides is 1. The molecule has 1 aromatic carbocycles. The fourth-order valence-electron chi connectivity index (χ4n) is 3.53. The third-order valence-corrected chi connectivity index (χ3v) is 5.23. The van der Waals surface area contributed by atoms with Crippen molar-refractivity contribution in [3.05, 3.63) is 46.8 Å². The standard InChI is InChI=1S/C22H29N3O3/c1-22(2,3)21(27)24-13-11-16(12-14-24)15-25-20(26)10-9-19(23-25)17-5-7-18(28-4)8-6-17/h5-10,16H,11-15H2,1-4H3. The molecular formula is C22H29N3O3. The lowest BCUT2D eigenvalue weighted by Crippen LogP contribution is -2.45. The first-order chi connectivity index (χ1) is 13.3. The van der Waals surface area contributed by atoms with Gasteiger partial charge in [0.1, 0.15) is 5.75 Å². The molecule has 0 spiro atoms. The van der Waals surface area contributed by atoms with Crippen LogP contribution >= 0.6 is 0 Å². The average molecular weight is 383 g/mol. The number of likely N-dealkylation sites (tertiary alicyclic amines) is 1. The SMILES string of the molecule is COc1ccc(-c2ccc(=O)n(CC3CCN(C(=O)C(C)(C)C)CC3)n2)cc1. The molecule has 1 fully saturated rings. The Morgan fingerprint density at radius 1 is 1.11 bits per heavy atom. The van der Waals surface area contributed by atoms with Gasteiger partial charge in [-0.15, -0.1) is 0 Å². The molecule has 2 aromatic rings. The molecule has 0 aliphatic carbocycles. The van der Waals surface area contributed by atoms with E-state index < -0.39 is 0 Å². The van der Waals surface area contributed by atoms with Gasteiger partial charge in [-0.3, -0.25) is 9.59 Å². The van der Waals surface area contributed by atoms with E-state index in [2.05, 4.69) is 5.10 Å². The number of aromatic nitrogens is 2. The Morgan fingerprint density at radius 3 is 2.32 bits per heavy atom. The summed E-state index contributed by atoms with van der Waals surface area (Å²) in [6.45, 7) is 7.93. The average Bonchev–Trinajstić information content (AvgIpc) is 2.69. The Hall–Kier alpha value is -2.63. The summed E-state index contributed by atoms with van der Waals surface area (Å²) in [7, 11) is 1.63. The lowest BCUT2D eigenvalue weighted by atomic mass is 9.91. The van der Waals surface area contributed by atoms with Crippen LogP contribution in [0.1, 0.15) is 33.6 Å². The Balaban J connectivity index is 1.68. The minimum atomic E-state index is -0.349. The monoisotopic (exact) mass is 383 g/mol. The first-order valence-corrected chi connectivity index (χ1v) is 9.80. The Bertz CT molecular complexity index is 873. The predicted molar refractivity (Wildman–Crippen MR) is 109 cm³/mol. The van der Waals surface area contributed by atoms with Crippen molar-refractivity contribution in [3.8, 4) is 17.0 Å². The van der Waals surface area contributed by atoms with Gasteiger partial charge in [0.15, 0.2) is 0 Å². The number of nitrogens with zero attached hydrogens (tertiary/aromatic N) is 3. The molecule has 1 aliphatic rings. The van der Waals surface area contributed by atoms with Crippen LogP contribution in [0.2, 0.25) is 0 Å². The number of hydrogen-bond acceptors (Lipinski definition) is 4. The van der Waals surface area contributed by atoms with E-state index in [-0.39, 0.29) is 16.9 Å². The summed E-state index contributed by atoms with van der Waals surface area (Å²) >= 11 is 0. The van der Waals surface area contributed by atoms with Crippen molar-refractivity contribution in [3.63, 3.8) is 0 Å². The minimum Gasteiger partial charge on any atom is -0.497 e. The van der Waals surface area contributed by atoms with Crippen molar-refractivity contribution in [1.29, 1.82) is 0 Å². The molecular weight excluding hydrogens is 354 g/mol. The number of rotatable bonds is 4. The van der Waals surface area contributed by atoms with E-state index in [9.17, 15) is 9.59 Å². The molecule has 0 unspecified atom stereocenters. The van der Waals surface area contributed by atoms with E-state index in [1.165, 1.54) is 0 Å². The molecule has 1 amide bonds. The number of methoxy groups -OCH3 is 1. The molecule has 6 heteroatoms. The van der Waals surface area contributed by atoms with Crippen LogP contribution in [0.15, 0.2) is 41.2 Å². The fourth-order valence-corrected chi connectivity index (χ4v) is 3.53. The van der Waals surface area contributed by atoms with Crippen LogP contribution in [-0.2, 0) is 11.3 Å². The molecule has 28 heavy (non-hydrogen) atoms. The minimum absolute atomic E-state index is 0.0922. The van der Waals surface area contributed by atoms with Crippen molar-refractivity contribution in [2.24, 2.45) is 11.3 Å². The number of piperidine rings is 1. The van der Waals surface area contributed by atoms with E-state index in [1.54, 1.807) is 23.9 Å². The van der Waals surface area contributed by atoms with Gasteiger partial charge < -0.3 is 9.64 Å². The summed E-state index contributed by atoms with van der Waals surface area (Å²) in [5, 5.41) is 4.57. The zero-order valence-corrected chi connectivity index (χ0v) is 17.1. The number of benzene rings is 1. The first kappa shape index (κ1) is 20.1. The van der Waals surface area contributed by atoms with E-state index >= 15 is 0 Å². The second-order valence-corrected chi connectivity index (χ2v) is 8.45. The van der Waals surface area contributed by atoms with Gasteiger partial charge in [-0.05, 0) is 49.1 Å². The normalized spacial score (nSPS) is 15.5. The van der Waals surface area contributed by atoms with Gasteiger partial charge in [0.25, 0.3) is 5.56 Å². The van der Waals surface area contributed by atoms with Crippen LogP contribution in [0.3, 0.4) is 0 Å². The summed E-state index contributed by atoms with van der Waals surface area (Å²) in [6.07, 6.45) is 1.78. The van der Waals surface area contributed by atoms with Crippen molar-refractivity contribution in [1.82, 2.24) is 14.7 Å². The Morgan fingerprint density at radius 2 is 1.75 bits per heavy atom. The summed E-state index contributed by atoms with van der Waals surface area (Å²) < 4.78 is 6.75. The molecule has 0 N–H and O–H groups in total. The first-order valence-electron chi connectivity index (χ1n) is 9.80. The molecule has 1 aromatic heterocycles. The van der Waals surface area contributed by atoms with Gasteiger partial charge >= 0.3 is 0 Å². The number of carbonyl (C=O) groups is 1. The maximum Gasteiger partial charge on any atom is 0.266 e. The van der Waals surface area contributed by atoms with Crippen molar-refractivity contribution in [2.45, 2.75) is 40.2 Å². The third-order valence-electron chi connectivity index (χ3n) is 5.23. The van der Waals surface area contributed by atoms with Crippen molar-refractivity contribution in [2.75, 3.05) is 20.2 Å². The summed E-state index contributed by atoms with van der Waals surface area (Å²) in [5.74, 6) is 1.33. The van der Waals surface area contributed by atoms with Gasteiger partial charge in [0.05, 0.1) is 12.8 Å². The van der Waals surface area contributed by atoms with Crippen molar-refractivity contribution < 1.29 is 9.53 Å². The molecule has 0 saturated carbocycles. The molecule has 150 valence electrons. The molecule has 0 atom stereocenters. The van der Waals surface area contributed by atoms with Crippen LogP contribution in [0, 0.1) is 11.3 Å². The van der Waals surface area contributed by atoms with Gasteiger partial charge in [-0.2, -0.15) is 5.10 Å². The highest BCUT2D eigenvalue weighted by Crippen LogP contribution is 2.24. The highest BCUT2D eigenvalue weighted by molar-refractivity contribution is 5.81. The number of carbonyl (C=O) groups excluding carboxylic acids is 1. The highest BCUT2D eigenvalue weighted by Gasteiger charge is 2.30. The topological polar surface area (TPSA) is 64.4 Å². The largest absolute Gasteiger partial charge is 0.497 e. The molecule has 3 rings (SSSR count). The zero-order valence-electron chi connectivity index (χ0n) is 17.1. The van der Waals surface area contributed by atoms with E-state index in [0.29, 0.717) is 12.5 Å². The zero-order chi connectivity index (χ0) is 20.3. The summed E-state index contributed by atoms with van der Waals surface area (Å²) in [6, 6.07) is 11.0. The second kappa shape index (κ2) is 8.17. The predicted octanol–water partition coefficient (Wildman–Crippen LogP) is 3.20. The maximum atomic E-state index is 12.4. The maximum absolute atomic E-state index is 12.4. The molecule has 0 bridgehead atoms. The number of ether oxygens (including phenoxy) is 1. The smallest absolute Gasteiger partial charge is 0.266 e. The molecule has 6 nitrogen and oxygen atoms in total. The Kier molecular flexibility index (Phi) is 5.87. The molecule has 1 saturated heterocycles.